The predicted octanol–water partition coefficient (Wildman–Crippen LogP) is 3.55. The van der Waals surface area contributed by atoms with Crippen LogP contribution in [0.4, 0.5) is 14.6 Å². The van der Waals surface area contributed by atoms with Crippen LogP contribution in [0.5, 0.6) is 0 Å². The lowest BCUT2D eigenvalue weighted by molar-refractivity contribution is 0.0953. The highest BCUT2D eigenvalue weighted by Gasteiger charge is 2.29. The number of pyridine rings is 2. The van der Waals surface area contributed by atoms with Gasteiger partial charge in [0.1, 0.15) is 17.3 Å². The van der Waals surface area contributed by atoms with Crippen molar-refractivity contribution >= 4 is 22.8 Å². The summed E-state index contributed by atoms with van der Waals surface area (Å²) in [5.41, 5.74) is 1.02. The van der Waals surface area contributed by atoms with Gasteiger partial charge in [0.2, 0.25) is 0 Å². The Morgan fingerprint density at radius 3 is 2.76 bits per heavy atom. The van der Waals surface area contributed by atoms with Crippen molar-refractivity contribution in [1.82, 2.24) is 30.2 Å². The van der Waals surface area contributed by atoms with Gasteiger partial charge in [-0.15, -0.1) is 0 Å². The zero-order chi connectivity index (χ0) is 28.7. The van der Waals surface area contributed by atoms with E-state index in [2.05, 4.69) is 25.6 Å². The molecule has 5 heterocycles. The molecule has 1 atom stereocenters. The van der Waals surface area contributed by atoms with Crippen LogP contribution in [0.15, 0.2) is 41.3 Å². The van der Waals surface area contributed by atoms with Crippen molar-refractivity contribution in [2.75, 3.05) is 31.1 Å². The Labute approximate surface area is 235 Å². The number of hydrogen-bond acceptors (Lipinski definition) is 7. The van der Waals surface area contributed by atoms with Gasteiger partial charge in [-0.05, 0) is 56.0 Å². The molecule has 212 valence electrons. The number of carbonyl (C=O) groups is 1. The molecule has 1 amide bonds. The molecule has 2 aliphatic heterocycles. The van der Waals surface area contributed by atoms with Gasteiger partial charge < -0.3 is 15.5 Å². The summed E-state index contributed by atoms with van der Waals surface area (Å²) in [6, 6.07) is 7.12. The molecule has 2 bridgehead atoms. The van der Waals surface area contributed by atoms with Crippen molar-refractivity contribution in [3.8, 4) is 16.9 Å². The number of anilines is 1. The first-order valence-electron chi connectivity index (χ1n) is 14.0. The first-order valence-corrected chi connectivity index (χ1v) is 14.0. The van der Waals surface area contributed by atoms with Crippen LogP contribution in [-0.4, -0.2) is 57.6 Å². The maximum Gasteiger partial charge on any atom is 0.355 e. The average Bonchev–Trinajstić information content (AvgIpc) is 2.96. The molecule has 9 nitrogen and oxygen atoms in total. The number of aromatic nitrogens is 4. The topological polar surface area (TPSA) is 105 Å². The quantitative estimate of drug-likeness (QED) is 0.396. The molecule has 11 heteroatoms. The maximum atomic E-state index is 16.1. The van der Waals surface area contributed by atoms with Crippen LogP contribution >= 0.6 is 0 Å². The van der Waals surface area contributed by atoms with Crippen LogP contribution in [0.1, 0.15) is 48.3 Å². The van der Waals surface area contributed by atoms with Gasteiger partial charge in [0.15, 0.2) is 11.5 Å². The van der Waals surface area contributed by atoms with E-state index in [1.807, 2.05) is 24.8 Å². The third kappa shape index (κ3) is 4.73. The molecule has 4 aromatic rings. The molecule has 2 N–H and O–H groups in total. The zero-order valence-electron chi connectivity index (χ0n) is 23.0. The van der Waals surface area contributed by atoms with E-state index >= 15 is 8.78 Å². The Bertz CT molecular complexity index is 1720. The van der Waals surface area contributed by atoms with Gasteiger partial charge in [-0.2, -0.15) is 4.98 Å². The third-order valence-corrected chi connectivity index (χ3v) is 7.77. The van der Waals surface area contributed by atoms with Crippen molar-refractivity contribution in [2.45, 2.75) is 45.6 Å². The molecule has 1 aromatic carbocycles. The molecule has 0 spiro atoms. The minimum atomic E-state index is -0.817. The van der Waals surface area contributed by atoms with Crippen molar-refractivity contribution in [2.24, 2.45) is 0 Å². The zero-order valence-corrected chi connectivity index (χ0v) is 23.0. The number of nitrogens with zero attached hydrogens (tertiary/aromatic N) is 5. The number of amides is 1. The largest absolute Gasteiger partial charge is 0.355 e. The molecule has 1 fully saturated rings. The highest BCUT2D eigenvalue weighted by Crippen LogP contribution is 2.34. The van der Waals surface area contributed by atoms with Crippen molar-refractivity contribution in [3.05, 3.63) is 75.5 Å². The number of aryl methyl sites for hydroxylation is 2. The first kappa shape index (κ1) is 26.9. The fourth-order valence-electron chi connectivity index (χ4n) is 5.82. The lowest BCUT2D eigenvalue weighted by Crippen LogP contribution is -2.50. The van der Waals surface area contributed by atoms with E-state index in [0.29, 0.717) is 68.0 Å². The number of halogens is 2. The molecule has 0 unspecified atom stereocenters. The summed E-state index contributed by atoms with van der Waals surface area (Å²) < 4.78 is 32.9. The molecule has 0 radical (unpaired) electrons. The molecule has 0 saturated carbocycles. The molecule has 1 saturated heterocycles. The minimum absolute atomic E-state index is 0.0157. The number of carbonyl (C=O) groups excluding carboxylic acids is 1. The van der Waals surface area contributed by atoms with Crippen molar-refractivity contribution in [1.29, 1.82) is 0 Å². The highest BCUT2D eigenvalue weighted by molar-refractivity contribution is 6.01. The number of rotatable bonds is 3. The van der Waals surface area contributed by atoms with Crippen LogP contribution in [0.2, 0.25) is 0 Å². The van der Waals surface area contributed by atoms with Gasteiger partial charge in [0.05, 0.1) is 27.9 Å². The molecular formula is C30H31F2N7O2. The van der Waals surface area contributed by atoms with E-state index in [4.69, 9.17) is 0 Å². The SMILES string of the molecule is CCCc1nccc2c1-n1c(=O)nc(N3CCNC[C@@H]3C)c3cc(F)c(nc31)-c1c(F)cccc1C(=O)NCCC2. The van der Waals surface area contributed by atoms with E-state index < -0.39 is 23.2 Å². The van der Waals surface area contributed by atoms with Crippen molar-refractivity contribution < 1.29 is 13.6 Å². The maximum absolute atomic E-state index is 16.1. The number of fused-ring (bicyclic) bond motifs is 5. The van der Waals surface area contributed by atoms with Gasteiger partial charge >= 0.3 is 5.69 Å². The fraction of sp³-hybridized carbons (Fsp3) is 0.367. The summed E-state index contributed by atoms with van der Waals surface area (Å²) in [6.07, 6.45) is 4.17. The van der Waals surface area contributed by atoms with Gasteiger partial charge in [-0.25, -0.2) is 23.1 Å². The molecule has 3 aromatic heterocycles. The molecule has 6 rings (SSSR count). The summed E-state index contributed by atoms with van der Waals surface area (Å²) in [6.45, 7) is 6.23. The summed E-state index contributed by atoms with van der Waals surface area (Å²) >= 11 is 0. The Balaban J connectivity index is 1.76. The van der Waals surface area contributed by atoms with E-state index in [1.165, 1.54) is 28.8 Å². The van der Waals surface area contributed by atoms with Gasteiger partial charge in [-0.1, -0.05) is 19.4 Å². The van der Waals surface area contributed by atoms with Gasteiger partial charge in [-0.3, -0.25) is 9.78 Å². The average molecular weight is 560 g/mol. The van der Waals surface area contributed by atoms with E-state index in [9.17, 15) is 9.59 Å². The third-order valence-electron chi connectivity index (χ3n) is 7.77. The Hall–Kier alpha value is -4.25. The Morgan fingerprint density at radius 1 is 1.10 bits per heavy atom. The highest BCUT2D eigenvalue weighted by atomic mass is 19.1. The standard InChI is InChI=1S/C30H31F2N7O2/c1-3-6-23-26-18(10-12-34-23)7-5-11-35-29(40)19-8-4-9-21(31)24(19)25-22(32)15-20-27(38-14-13-33-16-17(38)2)37-30(41)39(26)28(20)36-25/h4,8-10,12,15,17,33H,3,5-7,11,13-14,16H2,1-2H3,(H,35,40)/t17-/m0/s1. The second-order valence-electron chi connectivity index (χ2n) is 10.5. The number of benzene rings is 1. The smallest absolute Gasteiger partial charge is 0.352 e. The van der Waals surface area contributed by atoms with Gasteiger partial charge in [0, 0.05) is 38.4 Å². The Morgan fingerprint density at radius 2 is 1.95 bits per heavy atom. The second kappa shape index (κ2) is 11.0. The lowest BCUT2D eigenvalue weighted by atomic mass is 10.0. The first-order chi connectivity index (χ1) is 19.9. The molecule has 41 heavy (non-hydrogen) atoms. The van der Waals surface area contributed by atoms with Gasteiger partial charge in [0.25, 0.3) is 5.91 Å². The van der Waals surface area contributed by atoms with Crippen LogP contribution in [0.25, 0.3) is 28.0 Å². The van der Waals surface area contributed by atoms with Crippen LogP contribution < -0.4 is 21.2 Å². The van der Waals surface area contributed by atoms with E-state index in [1.54, 1.807) is 6.20 Å². The van der Waals surface area contributed by atoms with E-state index in [-0.39, 0.29) is 28.5 Å². The lowest BCUT2D eigenvalue weighted by Gasteiger charge is -2.35. The number of piperazine rings is 1. The monoisotopic (exact) mass is 559 g/mol. The summed E-state index contributed by atoms with van der Waals surface area (Å²) in [4.78, 5) is 42.9. The number of nitrogens with one attached hydrogen (secondary N) is 2. The van der Waals surface area contributed by atoms with Crippen LogP contribution in [0, 0.1) is 11.6 Å². The normalized spacial score (nSPS) is 17.3. The van der Waals surface area contributed by atoms with Crippen molar-refractivity contribution in [3.63, 3.8) is 0 Å². The predicted molar refractivity (Wildman–Crippen MR) is 153 cm³/mol. The summed E-state index contributed by atoms with van der Waals surface area (Å²) in [5, 5.41) is 6.47. The van der Waals surface area contributed by atoms with E-state index in [0.717, 1.165) is 12.0 Å². The molecule has 0 aliphatic carbocycles. The minimum Gasteiger partial charge on any atom is -0.352 e. The summed E-state index contributed by atoms with van der Waals surface area (Å²) in [7, 11) is 0. The van der Waals surface area contributed by atoms with Crippen LogP contribution in [-0.2, 0) is 12.8 Å². The van der Waals surface area contributed by atoms with Crippen LogP contribution in [0.3, 0.4) is 0 Å². The molecule has 2 aliphatic rings. The number of hydrogen-bond donors (Lipinski definition) is 2. The molecular weight excluding hydrogens is 528 g/mol. The fourth-order valence-corrected chi connectivity index (χ4v) is 5.82. The Kier molecular flexibility index (Phi) is 7.21. The second-order valence-corrected chi connectivity index (χ2v) is 10.5. The summed E-state index contributed by atoms with van der Waals surface area (Å²) in [5.74, 6) is -1.80.